The molecule has 0 aromatic carbocycles. The van der Waals surface area contributed by atoms with Crippen molar-refractivity contribution in [1.82, 2.24) is 20.6 Å². The summed E-state index contributed by atoms with van der Waals surface area (Å²) in [5.74, 6) is -0.588. The zero-order valence-electron chi connectivity index (χ0n) is 10.0. The van der Waals surface area contributed by atoms with Crippen molar-refractivity contribution in [3.8, 4) is 0 Å². The lowest BCUT2D eigenvalue weighted by molar-refractivity contribution is -0.139. The Labute approximate surface area is 104 Å². The smallest absolute Gasteiger partial charge is 0.326 e. The molecular formula is C11H16N4O3. The summed E-state index contributed by atoms with van der Waals surface area (Å²) in [4.78, 5) is 29.2. The van der Waals surface area contributed by atoms with Gasteiger partial charge in [0.05, 0.1) is 6.33 Å². The molecule has 2 unspecified atom stereocenters. The summed E-state index contributed by atoms with van der Waals surface area (Å²) in [6, 6.07) is -1.22. The van der Waals surface area contributed by atoms with E-state index in [2.05, 4.69) is 20.6 Å². The molecule has 1 aromatic rings. The summed E-state index contributed by atoms with van der Waals surface area (Å²) in [6.45, 7) is 2.03. The van der Waals surface area contributed by atoms with Crippen LogP contribution in [0.15, 0.2) is 12.5 Å². The molecule has 7 heteroatoms. The van der Waals surface area contributed by atoms with Crippen LogP contribution in [0.3, 0.4) is 0 Å². The molecule has 0 saturated heterocycles. The van der Waals surface area contributed by atoms with E-state index in [9.17, 15) is 9.59 Å². The van der Waals surface area contributed by atoms with E-state index < -0.39 is 18.0 Å². The number of aliphatic carboxylic acids is 1. The van der Waals surface area contributed by atoms with E-state index >= 15 is 0 Å². The Morgan fingerprint density at radius 1 is 1.67 bits per heavy atom. The van der Waals surface area contributed by atoms with Gasteiger partial charge in [-0.3, -0.25) is 0 Å². The van der Waals surface area contributed by atoms with E-state index in [0.29, 0.717) is 11.6 Å². The first-order valence-corrected chi connectivity index (χ1v) is 5.83. The lowest BCUT2D eigenvalue weighted by atomic mass is 10.2. The quantitative estimate of drug-likeness (QED) is 0.596. The molecule has 18 heavy (non-hydrogen) atoms. The van der Waals surface area contributed by atoms with E-state index in [1.807, 2.05) is 6.92 Å². The Kier molecular flexibility index (Phi) is 3.50. The highest BCUT2D eigenvalue weighted by atomic mass is 16.4. The van der Waals surface area contributed by atoms with Crippen LogP contribution in [-0.2, 0) is 11.2 Å². The van der Waals surface area contributed by atoms with Crippen LogP contribution in [0.4, 0.5) is 4.79 Å². The van der Waals surface area contributed by atoms with Crippen molar-refractivity contribution in [2.24, 2.45) is 5.92 Å². The van der Waals surface area contributed by atoms with Crippen molar-refractivity contribution >= 4 is 12.0 Å². The second kappa shape index (κ2) is 5.07. The molecule has 7 nitrogen and oxygen atoms in total. The first-order valence-electron chi connectivity index (χ1n) is 5.83. The van der Waals surface area contributed by atoms with Gasteiger partial charge in [-0.25, -0.2) is 14.6 Å². The predicted molar refractivity (Wildman–Crippen MR) is 63.0 cm³/mol. The fraction of sp³-hybridized carbons (Fsp3) is 0.545. The third-order valence-corrected chi connectivity index (χ3v) is 3.01. The maximum Gasteiger partial charge on any atom is 0.326 e. The lowest BCUT2D eigenvalue weighted by Gasteiger charge is -2.14. The number of H-pyrrole nitrogens is 1. The number of carboxylic acid groups (broad SMARTS) is 1. The van der Waals surface area contributed by atoms with Gasteiger partial charge in [0.25, 0.3) is 0 Å². The fourth-order valence-electron chi connectivity index (χ4n) is 1.71. The molecule has 0 aliphatic heterocycles. The highest BCUT2D eigenvalue weighted by Crippen LogP contribution is 2.28. The molecule has 2 rings (SSSR count). The molecule has 0 spiro atoms. The van der Waals surface area contributed by atoms with E-state index in [-0.39, 0.29) is 12.5 Å². The highest BCUT2D eigenvalue weighted by Gasteiger charge is 2.34. The third kappa shape index (κ3) is 3.22. The van der Waals surface area contributed by atoms with Gasteiger partial charge < -0.3 is 20.7 Å². The molecule has 1 aromatic heterocycles. The van der Waals surface area contributed by atoms with Crippen LogP contribution in [0.5, 0.6) is 0 Å². The minimum absolute atomic E-state index is 0.173. The van der Waals surface area contributed by atoms with Crippen LogP contribution in [0.2, 0.25) is 0 Å². The van der Waals surface area contributed by atoms with Crippen molar-refractivity contribution in [1.29, 1.82) is 0 Å². The summed E-state index contributed by atoms with van der Waals surface area (Å²) < 4.78 is 0. The molecule has 0 bridgehead atoms. The van der Waals surface area contributed by atoms with Gasteiger partial charge in [-0.1, -0.05) is 6.92 Å². The van der Waals surface area contributed by atoms with E-state index in [1.54, 1.807) is 6.20 Å². The van der Waals surface area contributed by atoms with Crippen LogP contribution in [0, 0.1) is 5.92 Å². The maximum atomic E-state index is 11.6. The van der Waals surface area contributed by atoms with Gasteiger partial charge in [-0.05, 0) is 12.3 Å². The summed E-state index contributed by atoms with van der Waals surface area (Å²) >= 11 is 0. The van der Waals surface area contributed by atoms with Gasteiger partial charge in [0, 0.05) is 24.4 Å². The number of urea groups is 1. The van der Waals surface area contributed by atoms with Gasteiger partial charge in [0.1, 0.15) is 6.04 Å². The van der Waals surface area contributed by atoms with Gasteiger partial charge in [-0.2, -0.15) is 0 Å². The molecule has 1 aliphatic carbocycles. The van der Waals surface area contributed by atoms with E-state index in [1.165, 1.54) is 6.33 Å². The van der Waals surface area contributed by atoms with Crippen LogP contribution >= 0.6 is 0 Å². The number of rotatable bonds is 5. The van der Waals surface area contributed by atoms with E-state index in [4.69, 9.17) is 5.11 Å². The van der Waals surface area contributed by atoms with Crippen molar-refractivity contribution < 1.29 is 14.7 Å². The molecule has 98 valence electrons. The summed E-state index contributed by atoms with van der Waals surface area (Å²) in [6.07, 6.45) is 4.15. The standard InChI is InChI=1S/C11H16N4O3/c1-6-2-8(6)14-11(18)15-9(10(16)17)3-7-4-12-5-13-7/h4-6,8-9H,2-3H2,1H3,(H,12,13)(H,16,17)(H2,14,15,18)/t6?,8?,9-/m1/s1. The topological polar surface area (TPSA) is 107 Å². The molecule has 1 fully saturated rings. The van der Waals surface area contributed by atoms with Crippen molar-refractivity contribution in [3.63, 3.8) is 0 Å². The number of nitrogens with zero attached hydrogens (tertiary/aromatic N) is 1. The number of carbonyl (C=O) groups excluding carboxylic acids is 1. The number of aromatic amines is 1. The number of imidazole rings is 1. The Morgan fingerprint density at radius 2 is 2.39 bits per heavy atom. The molecule has 0 radical (unpaired) electrons. The Morgan fingerprint density at radius 3 is 2.89 bits per heavy atom. The SMILES string of the molecule is CC1CC1NC(=O)N[C@H](Cc1cnc[nH]1)C(=O)O. The Hall–Kier alpha value is -2.05. The average Bonchev–Trinajstić information content (AvgIpc) is 2.80. The zero-order valence-corrected chi connectivity index (χ0v) is 10.0. The maximum absolute atomic E-state index is 11.6. The van der Waals surface area contributed by atoms with Crippen LogP contribution < -0.4 is 10.6 Å². The summed E-state index contributed by atoms with van der Waals surface area (Å²) in [7, 11) is 0. The number of hydrogen-bond acceptors (Lipinski definition) is 3. The monoisotopic (exact) mass is 252 g/mol. The summed E-state index contributed by atoms with van der Waals surface area (Å²) in [5.41, 5.74) is 0.669. The minimum atomic E-state index is -1.07. The number of amides is 2. The number of aromatic nitrogens is 2. The fourth-order valence-corrected chi connectivity index (χ4v) is 1.71. The van der Waals surface area contributed by atoms with Gasteiger partial charge in [0.15, 0.2) is 0 Å². The molecule has 3 atom stereocenters. The molecule has 1 saturated carbocycles. The van der Waals surface area contributed by atoms with Crippen molar-refractivity contribution in [2.45, 2.75) is 31.8 Å². The normalized spacial score (nSPS) is 23.2. The van der Waals surface area contributed by atoms with E-state index in [0.717, 1.165) is 6.42 Å². The van der Waals surface area contributed by atoms with Crippen LogP contribution in [0.1, 0.15) is 19.0 Å². The molecule has 2 amide bonds. The predicted octanol–water partition coefficient (Wildman–Crippen LogP) is 0.113. The van der Waals surface area contributed by atoms with Gasteiger partial charge in [-0.15, -0.1) is 0 Å². The first-order chi connectivity index (χ1) is 8.56. The number of hydrogen-bond donors (Lipinski definition) is 4. The molecule has 1 heterocycles. The van der Waals surface area contributed by atoms with Gasteiger partial charge in [0.2, 0.25) is 0 Å². The number of nitrogens with one attached hydrogen (secondary N) is 3. The second-order valence-electron chi connectivity index (χ2n) is 4.61. The Balaban J connectivity index is 1.85. The first kappa shape index (κ1) is 12.4. The number of carboxylic acids is 1. The summed E-state index contributed by atoms with van der Waals surface area (Å²) in [5, 5.41) is 14.2. The van der Waals surface area contributed by atoms with Crippen LogP contribution in [-0.4, -0.2) is 39.2 Å². The van der Waals surface area contributed by atoms with Crippen LogP contribution in [0.25, 0.3) is 0 Å². The molecule has 4 N–H and O–H groups in total. The molecular weight excluding hydrogens is 236 g/mol. The highest BCUT2D eigenvalue weighted by molar-refractivity contribution is 5.83. The number of carbonyl (C=O) groups is 2. The Bertz CT molecular complexity index is 432. The lowest BCUT2D eigenvalue weighted by Crippen LogP contribution is -2.47. The minimum Gasteiger partial charge on any atom is -0.480 e. The van der Waals surface area contributed by atoms with Gasteiger partial charge >= 0.3 is 12.0 Å². The largest absolute Gasteiger partial charge is 0.480 e. The third-order valence-electron chi connectivity index (χ3n) is 3.01. The second-order valence-corrected chi connectivity index (χ2v) is 4.61. The zero-order chi connectivity index (χ0) is 13.1. The average molecular weight is 252 g/mol. The molecule has 1 aliphatic rings. The van der Waals surface area contributed by atoms with Crippen molar-refractivity contribution in [3.05, 3.63) is 18.2 Å². The van der Waals surface area contributed by atoms with Crippen molar-refractivity contribution in [2.75, 3.05) is 0 Å².